The summed E-state index contributed by atoms with van der Waals surface area (Å²) in [5.74, 6) is -3.73. The van der Waals surface area contributed by atoms with Gasteiger partial charge in [0.25, 0.3) is 5.56 Å². The summed E-state index contributed by atoms with van der Waals surface area (Å²) in [6.07, 6.45) is 0. The number of aromatic amines is 2. The van der Waals surface area contributed by atoms with Gasteiger partial charge in [-0.3, -0.25) is 14.3 Å². The van der Waals surface area contributed by atoms with Gasteiger partial charge in [0.2, 0.25) is 0 Å². The zero-order chi connectivity index (χ0) is 15.3. The topological polar surface area (TPSA) is 83.5 Å². The molecule has 3 aromatic rings. The monoisotopic (exact) mass is 296 g/mol. The molecular weight excluding hydrogens is 289 g/mol. The van der Waals surface area contributed by atoms with E-state index in [2.05, 4.69) is 9.97 Å². The molecule has 0 bridgehead atoms. The SMILES string of the molecule is Cn1c(=O)[nH]c(=O)c2[nH]c(-c3c(F)cc(F)cc3F)nc21. The van der Waals surface area contributed by atoms with Crippen molar-refractivity contribution in [3.8, 4) is 11.4 Å². The van der Waals surface area contributed by atoms with Gasteiger partial charge in [-0.1, -0.05) is 0 Å². The molecule has 0 amide bonds. The summed E-state index contributed by atoms with van der Waals surface area (Å²) in [5.41, 5.74) is -2.28. The molecule has 0 spiro atoms. The van der Waals surface area contributed by atoms with E-state index in [9.17, 15) is 22.8 Å². The van der Waals surface area contributed by atoms with Crippen LogP contribution >= 0.6 is 0 Å². The zero-order valence-electron chi connectivity index (χ0n) is 10.5. The predicted molar refractivity (Wildman–Crippen MR) is 67.3 cm³/mol. The average molecular weight is 296 g/mol. The fourth-order valence-electron chi connectivity index (χ4n) is 1.99. The molecule has 1 aromatic carbocycles. The third-order valence-corrected chi connectivity index (χ3v) is 3.00. The molecule has 0 atom stereocenters. The number of fused-ring (bicyclic) bond motifs is 1. The number of rotatable bonds is 1. The van der Waals surface area contributed by atoms with Crippen LogP contribution in [0, 0.1) is 17.5 Å². The molecular formula is C12H7F3N4O2. The molecule has 0 radical (unpaired) electrons. The summed E-state index contributed by atoms with van der Waals surface area (Å²) in [4.78, 5) is 31.4. The van der Waals surface area contributed by atoms with E-state index >= 15 is 0 Å². The van der Waals surface area contributed by atoms with Crippen LogP contribution in [0.3, 0.4) is 0 Å². The normalized spacial score (nSPS) is 11.2. The van der Waals surface area contributed by atoms with E-state index in [1.165, 1.54) is 7.05 Å². The minimum absolute atomic E-state index is 0.0677. The molecule has 6 nitrogen and oxygen atoms in total. The lowest BCUT2D eigenvalue weighted by atomic mass is 10.2. The Bertz CT molecular complexity index is 963. The molecule has 2 N–H and O–H groups in total. The molecule has 0 fully saturated rings. The van der Waals surface area contributed by atoms with Crippen molar-refractivity contribution in [2.75, 3.05) is 0 Å². The van der Waals surface area contributed by atoms with Gasteiger partial charge in [0.1, 0.15) is 28.8 Å². The number of hydrogen-bond acceptors (Lipinski definition) is 3. The highest BCUT2D eigenvalue weighted by atomic mass is 19.1. The van der Waals surface area contributed by atoms with Crippen molar-refractivity contribution in [2.45, 2.75) is 0 Å². The van der Waals surface area contributed by atoms with Gasteiger partial charge < -0.3 is 4.98 Å². The summed E-state index contributed by atoms with van der Waals surface area (Å²) in [7, 11) is 1.34. The smallest absolute Gasteiger partial charge is 0.329 e. The van der Waals surface area contributed by atoms with Gasteiger partial charge in [0.05, 0.1) is 5.56 Å². The molecule has 21 heavy (non-hydrogen) atoms. The number of H-pyrrole nitrogens is 2. The van der Waals surface area contributed by atoms with E-state index < -0.39 is 34.3 Å². The first-order chi connectivity index (χ1) is 9.88. The lowest BCUT2D eigenvalue weighted by Gasteiger charge is -2.01. The Morgan fingerprint density at radius 2 is 1.71 bits per heavy atom. The Morgan fingerprint density at radius 1 is 1.10 bits per heavy atom. The Hall–Kier alpha value is -2.84. The Labute approximate surface area is 113 Å². The summed E-state index contributed by atoms with van der Waals surface area (Å²) >= 11 is 0. The van der Waals surface area contributed by atoms with Crippen molar-refractivity contribution in [2.24, 2.45) is 7.05 Å². The number of aromatic nitrogens is 4. The number of halogens is 3. The van der Waals surface area contributed by atoms with E-state index in [-0.39, 0.29) is 17.0 Å². The minimum Gasteiger partial charge on any atom is -0.332 e. The Morgan fingerprint density at radius 3 is 2.33 bits per heavy atom. The highest BCUT2D eigenvalue weighted by molar-refractivity contribution is 5.75. The summed E-state index contributed by atoms with van der Waals surface area (Å²) in [6.45, 7) is 0. The molecule has 0 aliphatic heterocycles. The van der Waals surface area contributed by atoms with Crippen LogP contribution < -0.4 is 11.2 Å². The molecule has 0 saturated carbocycles. The lowest BCUT2D eigenvalue weighted by molar-refractivity contribution is 0.547. The van der Waals surface area contributed by atoms with Crippen molar-refractivity contribution >= 4 is 11.2 Å². The van der Waals surface area contributed by atoms with Crippen LogP contribution in [0.2, 0.25) is 0 Å². The fourth-order valence-corrected chi connectivity index (χ4v) is 1.99. The quantitative estimate of drug-likeness (QED) is 0.703. The van der Waals surface area contributed by atoms with Gasteiger partial charge in [0.15, 0.2) is 5.65 Å². The number of nitrogens with zero attached hydrogens (tertiary/aromatic N) is 2. The lowest BCUT2D eigenvalue weighted by Crippen LogP contribution is -2.28. The van der Waals surface area contributed by atoms with Crippen LogP contribution in [-0.2, 0) is 7.05 Å². The second kappa shape index (κ2) is 4.33. The maximum Gasteiger partial charge on any atom is 0.329 e. The number of benzene rings is 1. The van der Waals surface area contributed by atoms with Gasteiger partial charge in [0, 0.05) is 19.2 Å². The van der Waals surface area contributed by atoms with Crippen molar-refractivity contribution < 1.29 is 13.2 Å². The maximum absolute atomic E-state index is 13.7. The average Bonchev–Trinajstić information content (AvgIpc) is 2.80. The molecule has 2 aromatic heterocycles. The predicted octanol–water partition coefficient (Wildman–Crippen LogP) is 1.03. The summed E-state index contributed by atoms with van der Waals surface area (Å²) in [5, 5.41) is 0. The van der Waals surface area contributed by atoms with Gasteiger partial charge in [-0.25, -0.2) is 22.9 Å². The first-order valence-electron chi connectivity index (χ1n) is 5.72. The fraction of sp³-hybridized carbons (Fsp3) is 0.0833. The van der Waals surface area contributed by atoms with Crippen LogP contribution in [0.4, 0.5) is 13.2 Å². The maximum atomic E-state index is 13.7. The molecule has 9 heteroatoms. The molecule has 108 valence electrons. The van der Waals surface area contributed by atoms with Crippen molar-refractivity contribution in [1.29, 1.82) is 0 Å². The number of aryl methyl sites for hydroxylation is 1. The number of imidazole rings is 1. The number of hydrogen-bond donors (Lipinski definition) is 2. The van der Waals surface area contributed by atoms with Crippen LogP contribution in [0.5, 0.6) is 0 Å². The van der Waals surface area contributed by atoms with Crippen LogP contribution in [0.25, 0.3) is 22.6 Å². The van der Waals surface area contributed by atoms with Crippen molar-refractivity contribution in [1.82, 2.24) is 19.5 Å². The van der Waals surface area contributed by atoms with Crippen LogP contribution in [0.1, 0.15) is 0 Å². The Kier molecular flexibility index (Phi) is 2.71. The van der Waals surface area contributed by atoms with E-state index in [1.807, 2.05) is 4.98 Å². The molecule has 0 saturated heterocycles. The Balaban J connectivity index is 2.38. The second-order valence-corrected chi connectivity index (χ2v) is 4.35. The molecule has 0 unspecified atom stereocenters. The second-order valence-electron chi connectivity index (χ2n) is 4.35. The molecule has 0 aliphatic carbocycles. The van der Waals surface area contributed by atoms with Crippen molar-refractivity contribution in [3.63, 3.8) is 0 Å². The molecule has 0 aliphatic rings. The first-order valence-corrected chi connectivity index (χ1v) is 5.72. The van der Waals surface area contributed by atoms with E-state index in [0.29, 0.717) is 12.1 Å². The van der Waals surface area contributed by atoms with Gasteiger partial charge in [-0.05, 0) is 0 Å². The zero-order valence-corrected chi connectivity index (χ0v) is 10.5. The summed E-state index contributed by atoms with van der Waals surface area (Å²) in [6, 6.07) is 0.990. The summed E-state index contributed by atoms with van der Waals surface area (Å²) < 4.78 is 41.3. The van der Waals surface area contributed by atoms with Gasteiger partial charge in [-0.2, -0.15) is 0 Å². The molecule has 2 heterocycles. The minimum atomic E-state index is -1.17. The van der Waals surface area contributed by atoms with Crippen LogP contribution in [0.15, 0.2) is 21.7 Å². The van der Waals surface area contributed by atoms with E-state index in [1.54, 1.807) is 0 Å². The van der Waals surface area contributed by atoms with Gasteiger partial charge >= 0.3 is 5.69 Å². The van der Waals surface area contributed by atoms with E-state index in [0.717, 1.165) is 4.57 Å². The van der Waals surface area contributed by atoms with Gasteiger partial charge in [-0.15, -0.1) is 0 Å². The largest absolute Gasteiger partial charge is 0.332 e. The standard InChI is InChI=1S/C12H7F3N4O2/c1-19-10-8(11(20)18-12(19)21)16-9(17-10)7-5(14)2-4(13)3-6(7)15/h2-3H,1H3,(H,16,17)(H,18,20,21). The highest BCUT2D eigenvalue weighted by Crippen LogP contribution is 2.25. The molecule has 3 rings (SSSR count). The van der Waals surface area contributed by atoms with E-state index in [4.69, 9.17) is 0 Å². The third kappa shape index (κ3) is 1.93. The first kappa shape index (κ1) is 13.2. The highest BCUT2D eigenvalue weighted by Gasteiger charge is 2.19. The number of nitrogens with one attached hydrogen (secondary N) is 2. The third-order valence-electron chi connectivity index (χ3n) is 3.00. The van der Waals surface area contributed by atoms with Crippen molar-refractivity contribution in [3.05, 3.63) is 50.4 Å². The van der Waals surface area contributed by atoms with Crippen LogP contribution in [-0.4, -0.2) is 19.5 Å².